The highest BCUT2D eigenvalue weighted by atomic mass is 32.2. The largest absolute Gasteiger partial charge is 0.293 e. The van der Waals surface area contributed by atoms with Gasteiger partial charge in [-0.05, 0) is 20.8 Å². The molecule has 0 rings (SSSR count). The average Bonchev–Trinajstić information content (AvgIpc) is 1.75. The third-order valence-electron chi connectivity index (χ3n) is 1.58. The zero-order chi connectivity index (χ0) is 11.8. The van der Waals surface area contributed by atoms with Gasteiger partial charge in [0.15, 0.2) is 0 Å². The second kappa shape index (κ2) is 4.31. The molecule has 0 saturated carbocycles. The summed E-state index contributed by atoms with van der Waals surface area (Å²) < 4.78 is 3.13. The normalized spacial score (nSPS) is 15.0. The average molecular weight is 250 g/mol. The third-order valence-corrected chi connectivity index (χ3v) is 12.6. The lowest BCUT2D eigenvalue weighted by molar-refractivity contribution is 0.780. The molecule has 0 aromatic heterocycles. The molecule has 0 aliphatic rings. The number of nitrogens with zero attached hydrogens (tertiary/aromatic N) is 1. The van der Waals surface area contributed by atoms with E-state index in [9.17, 15) is 0 Å². The summed E-state index contributed by atoms with van der Waals surface area (Å²) in [7, 11) is -2.35. The van der Waals surface area contributed by atoms with Crippen LogP contribution in [0.1, 0.15) is 20.8 Å². The van der Waals surface area contributed by atoms with E-state index in [4.69, 9.17) is 0 Å². The highest BCUT2D eigenvalue weighted by Gasteiger charge is 2.37. The molecule has 0 spiro atoms. The van der Waals surface area contributed by atoms with E-state index in [1.807, 2.05) is 0 Å². The van der Waals surface area contributed by atoms with E-state index in [0.717, 1.165) is 0 Å². The Morgan fingerprint density at radius 2 is 1.07 bits per heavy atom. The quantitative estimate of drug-likeness (QED) is 0.538. The molecule has 0 aromatic rings. The Morgan fingerprint density at radius 3 is 1.14 bits per heavy atom. The van der Waals surface area contributed by atoms with E-state index < -0.39 is 16.5 Å². The van der Waals surface area contributed by atoms with E-state index in [1.165, 1.54) is 0 Å². The summed E-state index contributed by atoms with van der Waals surface area (Å²) in [6.45, 7) is 21.6. The van der Waals surface area contributed by atoms with Crippen molar-refractivity contribution in [3.8, 4) is 0 Å². The molecule has 0 amide bonds. The van der Waals surface area contributed by atoms with Gasteiger partial charge in [0.25, 0.3) is 0 Å². The maximum atomic E-state index is 2.78. The van der Waals surface area contributed by atoms with Crippen LogP contribution in [0.4, 0.5) is 0 Å². The topological polar surface area (TPSA) is 3.24 Å². The summed E-state index contributed by atoms with van der Waals surface area (Å²) >= 11 is 2.07. The maximum Gasteiger partial charge on any atom is 0.123 e. The van der Waals surface area contributed by atoms with Gasteiger partial charge >= 0.3 is 0 Å². The molecule has 0 unspecified atom stereocenters. The van der Waals surface area contributed by atoms with Gasteiger partial charge < -0.3 is 0 Å². The lowest BCUT2D eigenvalue weighted by Crippen LogP contribution is -2.56. The molecule has 0 N–H and O–H groups in total. The highest BCUT2D eigenvalue weighted by molar-refractivity contribution is 8.00. The summed E-state index contributed by atoms with van der Waals surface area (Å²) in [6, 6.07) is 0. The molecule has 0 saturated heterocycles. The minimum absolute atomic E-state index is 0.348. The molecule has 0 aromatic carbocycles. The van der Waals surface area contributed by atoms with Gasteiger partial charge in [0.2, 0.25) is 0 Å². The van der Waals surface area contributed by atoms with Crippen molar-refractivity contribution in [3.05, 3.63) is 0 Å². The Bertz CT molecular complexity index is 172. The molecule has 0 heterocycles. The van der Waals surface area contributed by atoms with E-state index >= 15 is 0 Å². The molecule has 0 bridgehead atoms. The standard InChI is InChI=1S/C10H27NSSi2/c1-10(2,3)12-11(13(4,5)6)14(7,8)9/h1-9H3. The summed E-state index contributed by atoms with van der Waals surface area (Å²) in [5.41, 5.74) is 0. The monoisotopic (exact) mass is 249 g/mol. The highest BCUT2D eigenvalue weighted by Crippen LogP contribution is 2.36. The van der Waals surface area contributed by atoms with Crippen molar-refractivity contribution in [2.24, 2.45) is 0 Å². The molecule has 86 valence electrons. The van der Waals surface area contributed by atoms with Crippen molar-refractivity contribution in [1.82, 2.24) is 3.64 Å². The van der Waals surface area contributed by atoms with Crippen molar-refractivity contribution < 1.29 is 0 Å². The molecule has 0 radical (unpaired) electrons. The molecule has 0 aliphatic heterocycles. The van der Waals surface area contributed by atoms with Gasteiger partial charge in [-0.3, -0.25) is 3.64 Å². The van der Waals surface area contributed by atoms with Gasteiger partial charge in [-0.15, -0.1) is 0 Å². The fourth-order valence-electron chi connectivity index (χ4n) is 1.55. The zero-order valence-corrected chi connectivity index (χ0v) is 14.2. The predicted octanol–water partition coefficient (Wildman–Crippen LogP) is 4.40. The van der Waals surface area contributed by atoms with E-state index in [-0.39, 0.29) is 0 Å². The summed E-state index contributed by atoms with van der Waals surface area (Å²) in [4.78, 5) is 0. The van der Waals surface area contributed by atoms with Crippen LogP contribution in [0.25, 0.3) is 0 Å². The van der Waals surface area contributed by atoms with Crippen molar-refractivity contribution >= 4 is 28.4 Å². The Hall–Kier alpha value is 0.744. The van der Waals surface area contributed by atoms with Crippen molar-refractivity contribution in [2.75, 3.05) is 0 Å². The van der Waals surface area contributed by atoms with Crippen molar-refractivity contribution in [2.45, 2.75) is 64.8 Å². The van der Waals surface area contributed by atoms with Crippen LogP contribution in [0.3, 0.4) is 0 Å². The first-order chi connectivity index (χ1) is 5.84. The van der Waals surface area contributed by atoms with Crippen LogP contribution < -0.4 is 0 Å². The lowest BCUT2D eigenvalue weighted by atomic mass is 10.3. The number of rotatable bonds is 3. The minimum atomic E-state index is -1.17. The summed E-state index contributed by atoms with van der Waals surface area (Å²) in [5, 5.41) is 0. The van der Waals surface area contributed by atoms with Gasteiger partial charge in [-0.2, -0.15) is 0 Å². The van der Waals surface area contributed by atoms with Crippen LogP contribution in [-0.4, -0.2) is 24.9 Å². The fourth-order valence-corrected chi connectivity index (χ4v) is 14.0. The lowest BCUT2D eigenvalue weighted by Gasteiger charge is -2.45. The summed E-state index contributed by atoms with van der Waals surface area (Å²) in [5.74, 6) is 0. The van der Waals surface area contributed by atoms with Crippen LogP contribution >= 0.6 is 11.9 Å². The first kappa shape index (κ1) is 14.7. The molecule has 0 fully saturated rings. The SMILES string of the molecule is CC(C)(C)SN([Si](C)(C)C)[Si](C)(C)C. The summed E-state index contributed by atoms with van der Waals surface area (Å²) in [6.07, 6.45) is 0. The van der Waals surface area contributed by atoms with E-state index in [1.54, 1.807) is 0 Å². The maximum absolute atomic E-state index is 2.78. The van der Waals surface area contributed by atoms with E-state index in [2.05, 4.69) is 75.6 Å². The molecule has 0 atom stereocenters. The van der Waals surface area contributed by atoms with Gasteiger partial charge in [0.05, 0.1) is 0 Å². The van der Waals surface area contributed by atoms with Gasteiger partial charge in [-0.1, -0.05) is 51.2 Å². The molecular weight excluding hydrogens is 222 g/mol. The van der Waals surface area contributed by atoms with Crippen molar-refractivity contribution in [3.63, 3.8) is 0 Å². The minimum Gasteiger partial charge on any atom is -0.293 e. The molecule has 4 heteroatoms. The Labute approximate surface area is 97.0 Å². The smallest absolute Gasteiger partial charge is 0.123 e. The van der Waals surface area contributed by atoms with E-state index in [0.29, 0.717) is 4.75 Å². The number of hydrogen-bond acceptors (Lipinski definition) is 2. The fraction of sp³-hybridized carbons (Fsp3) is 1.00. The first-order valence-electron chi connectivity index (χ1n) is 5.33. The third kappa shape index (κ3) is 5.58. The predicted molar refractivity (Wildman–Crippen MR) is 75.9 cm³/mol. The van der Waals surface area contributed by atoms with Crippen LogP contribution in [-0.2, 0) is 0 Å². The zero-order valence-electron chi connectivity index (χ0n) is 11.4. The second-order valence-corrected chi connectivity index (χ2v) is 19.3. The molecule has 14 heavy (non-hydrogen) atoms. The molecule has 0 aliphatic carbocycles. The molecule has 1 nitrogen and oxygen atoms in total. The van der Waals surface area contributed by atoms with Gasteiger partial charge in [-0.25, -0.2) is 0 Å². The van der Waals surface area contributed by atoms with Crippen molar-refractivity contribution in [1.29, 1.82) is 0 Å². The Balaban J connectivity index is 4.78. The number of hydrogen-bond donors (Lipinski definition) is 0. The Morgan fingerprint density at radius 1 is 0.786 bits per heavy atom. The Kier molecular flexibility index (Phi) is 4.54. The van der Waals surface area contributed by atoms with Gasteiger partial charge in [0, 0.05) is 4.75 Å². The van der Waals surface area contributed by atoms with Crippen LogP contribution in [0.2, 0.25) is 39.3 Å². The first-order valence-corrected chi connectivity index (χ1v) is 13.0. The molecular formula is C10H27NSSi2. The second-order valence-electron chi connectivity index (χ2n) is 6.84. The van der Waals surface area contributed by atoms with Crippen LogP contribution in [0.5, 0.6) is 0 Å². The van der Waals surface area contributed by atoms with Crippen LogP contribution in [0, 0.1) is 0 Å². The van der Waals surface area contributed by atoms with Crippen LogP contribution in [0.15, 0.2) is 0 Å². The van der Waals surface area contributed by atoms with Gasteiger partial charge in [0.1, 0.15) is 16.5 Å².